The minimum atomic E-state index is -1.04. The van der Waals surface area contributed by atoms with Gasteiger partial charge in [0, 0.05) is 18.0 Å². The zero-order chi connectivity index (χ0) is 11.3. The predicted octanol–water partition coefficient (Wildman–Crippen LogP) is 0.0625. The van der Waals surface area contributed by atoms with Crippen LogP contribution in [0.5, 0.6) is 0 Å². The van der Waals surface area contributed by atoms with Crippen molar-refractivity contribution in [2.75, 3.05) is 5.75 Å². The number of aromatic nitrogens is 2. The van der Waals surface area contributed by atoms with Crippen LogP contribution in [0.4, 0.5) is 0 Å². The SMILES string of the molecule is N#Cc1ncc(C(O)C(O)CCS)cn1. The quantitative estimate of drug-likeness (QED) is 0.630. The summed E-state index contributed by atoms with van der Waals surface area (Å²) >= 11 is 3.95. The summed E-state index contributed by atoms with van der Waals surface area (Å²) in [5.41, 5.74) is 0.392. The molecule has 2 atom stereocenters. The van der Waals surface area contributed by atoms with E-state index in [2.05, 4.69) is 22.6 Å². The second-order valence-electron chi connectivity index (χ2n) is 2.98. The maximum absolute atomic E-state index is 9.64. The van der Waals surface area contributed by atoms with Gasteiger partial charge in [-0.1, -0.05) is 0 Å². The lowest BCUT2D eigenvalue weighted by molar-refractivity contribution is 0.0168. The van der Waals surface area contributed by atoms with Gasteiger partial charge in [0.1, 0.15) is 12.2 Å². The van der Waals surface area contributed by atoms with E-state index in [4.69, 9.17) is 5.26 Å². The second kappa shape index (κ2) is 5.66. The number of nitriles is 1. The van der Waals surface area contributed by atoms with Gasteiger partial charge in [-0.25, -0.2) is 9.97 Å². The van der Waals surface area contributed by atoms with Crippen molar-refractivity contribution < 1.29 is 10.2 Å². The molecule has 2 unspecified atom stereocenters. The minimum absolute atomic E-state index is 0.0367. The largest absolute Gasteiger partial charge is 0.390 e. The smallest absolute Gasteiger partial charge is 0.232 e. The Morgan fingerprint density at radius 3 is 2.47 bits per heavy atom. The van der Waals surface area contributed by atoms with Gasteiger partial charge in [0.2, 0.25) is 5.82 Å². The van der Waals surface area contributed by atoms with Crippen LogP contribution in [0, 0.1) is 11.3 Å². The summed E-state index contributed by atoms with van der Waals surface area (Å²) in [7, 11) is 0. The van der Waals surface area contributed by atoms with Gasteiger partial charge in [0.15, 0.2) is 0 Å². The molecule has 0 amide bonds. The summed E-state index contributed by atoms with van der Waals surface area (Å²) in [5.74, 6) is 0.518. The molecule has 0 fully saturated rings. The van der Waals surface area contributed by atoms with Crippen molar-refractivity contribution >= 4 is 12.6 Å². The van der Waals surface area contributed by atoms with Gasteiger partial charge < -0.3 is 10.2 Å². The van der Waals surface area contributed by atoms with Crippen molar-refractivity contribution in [2.24, 2.45) is 0 Å². The molecule has 0 bridgehead atoms. The number of aliphatic hydroxyl groups excluding tert-OH is 2. The van der Waals surface area contributed by atoms with Crippen LogP contribution in [0.2, 0.25) is 0 Å². The van der Waals surface area contributed by atoms with E-state index in [1.54, 1.807) is 6.07 Å². The molecule has 0 saturated heterocycles. The molecule has 1 aromatic heterocycles. The molecule has 15 heavy (non-hydrogen) atoms. The zero-order valence-electron chi connectivity index (χ0n) is 7.91. The number of aliphatic hydroxyl groups is 2. The molecular weight excluding hydrogens is 214 g/mol. The Balaban J connectivity index is 2.74. The van der Waals surface area contributed by atoms with Crippen LogP contribution < -0.4 is 0 Å². The van der Waals surface area contributed by atoms with E-state index in [-0.39, 0.29) is 5.82 Å². The molecule has 5 nitrogen and oxygen atoms in total. The van der Waals surface area contributed by atoms with E-state index < -0.39 is 12.2 Å². The lowest BCUT2D eigenvalue weighted by Crippen LogP contribution is -2.19. The van der Waals surface area contributed by atoms with Crippen molar-refractivity contribution in [3.05, 3.63) is 23.8 Å². The number of thiol groups is 1. The van der Waals surface area contributed by atoms with Crippen molar-refractivity contribution in [3.8, 4) is 6.07 Å². The van der Waals surface area contributed by atoms with Crippen LogP contribution in [0.15, 0.2) is 12.4 Å². The standard InChI is InChI=1S/C9H11N3O2S/c10-3-8-11-4-6(5-12-8)9(14)7(13)1-2-15/h4-5,7,9,13-15H,1-2H2. The third-order valence-corrected chi connectivity index (χ3v) is 2.16. The third kappa shape index (κ3) is 3.16. The summed E-state index contributed by atoms with van der Waals surface area (Å²) in [6.07, 6.45) is 1.11. The van der Waals surface area contributed by atoms with E-state index in [0.29, 0.717) is 17.7 Å². The molecule has 0 spiro atoms. The summed E-state index contributed by atoms with van der Waals surface area (Å²) in [4.78, 5) is 7.40. The van der Waals surface area contributed by atoms with Gasteiger partial charge in [-0.2, -0.15) is 17.9 Å². The average Bonchev–Trinajstić information content (AvgIpc) is 2.28. The molecule has 0 saturated carbocycles. The third-order valence-electron chi connectivity index (χ3n) is 1.90. The van der Waals surface area contributed by atoms with Crippen molar-refractivity contribution in [2.45, 2.75) is 18.6 Å². The molecule has 2 N–H and O–H groups in total. The van der Waals surface area contributed by atoms with E-state index in [1.807, 2.05) is 0 Å². The van der Waals surface area contributed by atoms with Gasteiger partial charge in [-0.15, -0.1) is 0 Å². The van der Waals surface area contributed by atoms with Crippen LogP contribution in [0.1, 0.15) is 23.9 Å². The molecule has 0 radical (unpaired) electrons. The monoisotopic (exact) mass is 225 g/mol. The summed E-state index contributed by atoms with van der Waals surface area (Å²) in [5, 5.41) is 27.6. The van der Waals surface area contributed by atoms with Gasteiger partial charge in [-0.05, 0) is 12.2 Å². The zero-order valence-corrected chi connectivity index (χ0v) is 8.80. The fourth-order valence-corrected chi connectivity index (χ4v) is 1.33. The van der Waals surface area contributed by atoms with Gasteiger partial charge in [-0.3, -0.25) is 0 Å². The Bertz CT molecular complexity index is 349. The molecule has 80 valence electrons. The Morgan fingerprint density at radius 1 is 1.40 bits per heavy atom. The Morgan fingerprint density at radius 2 is 2.00 bits per heavy atom. The fraction of sp³-hybridized carbons (Fsp3) is 0.444. The summed E-state index contributed by atoms with van der Waals surface area (Å²) in [6.45, 7) is 0. The summed E-state index contributed by atoms with van der Waals surface area (Å²) < 4.78 is 0. The Kier molecular flexibility index (Phi) is 4.49. The van der Waals surface area contributed by atoms with Crippen LogP contribution in [-0.4, -0.2) is 32.0 Å². The highest BCUT2D eigenvalue weighted by atomic mass is 32.1. The van der Waals surface area contributed by atoms with Gasteiger partial charge >= 0.3 is 0 Å². The topological polar surface area (TPSA) is 90.0 Å². The molecular formula is C9H11N3O2S. The molecule has 0 aliphatic heterocycles. The van der Waals surface area contributed by atoms with E-state index in [0.717, 1.165) is 0 Å². The Hall–Kier alpha value is -1.16. The lowest BCUT2D eigenvalue weighted by atomic mass is 10.1. The number of rotatable bonds is 4. The lowest BCUT2D eigenvalue weighted by Gasteiger charge is -2.16. The molecule has 0 aliphatic rings. The summed E-state index contributed by atoms with van der Waals surface area (Å²) in [6, 6.07) is 1.77. The fourth-order valence-electron chi connectivity index (χ4n) is 1.06. The maximum Gasteiger partial charge on any atom is 0.232 e. The Labute approximate surface area is 92.8 Å². The van der Waals surface area contributed by atoms with Crippen molar-refractivity contribution in [1.29, 1.82) is 5.26 Å². The van der Waals surface area contributed by atoms with Gasteiger partial charge in [0.25, 0.3) is 0 Å². The molecule has 1 heterocycles. The van der Waals surface area contributed by atoms with Crippen LogP contribution >= 0.6 is 12.6 Å². The number of hydrogen-bond donors (Lipinski definition) is 3. The van der Waals surface area contributed by atoms with E-state index in [9.17, 15) is 10.2 Å². The molecule has 1 aromatic rings. The normalized spacial score (nSPS) is 14.3. The first-order valence-electron chi connectivity index (χ1n) is 4.38. The van der Waals surface area contributed by atoms with E-state index in [1.165, 1.54) is 12.4 Å². The highest BCUT2D eigenvalue weighted by Crippen LogP contribution is 2.17. The minimum Gasteiger partial charge on any atom is -0.390 e. The molecule has 1 rings (SSSR count). The number of nitrogens with zero attached hydrogens (tertiary/aromatic N) is 3. The first-order valence-corrected chi connectivity index (χ1v) is 5.01. The van der Waals surface area contributed by atoms with E-state index >= 15 is 0 Å². The van der Waals surface area contributed by atoms with Crippen molar-refractivity contribution in [1.82, 2.24) is 9.97 Å². The highest BCUT2D eigenvalue weighted by Gasteiger charge is 2.18. The number of hydrogen-bond acceptors (Lipinski definition) is 6. The first kappa shape index (κ1) is 11.9. The molecule has 0 aromatic carbocycles. The average molecular weight is 225 g/mol. The molecule has 6 heteroatoms. The highest BCUT2D eigenvalue weighted by molar-refractivity contribution is 7.80. The molecule has 0 aliphatic carbocycles. The van der Waals surface area contributed by atoms with Crippen LogP contribution in [-0.2, 0) is 0 Å². The van der Waals surface area contributed by atoms with Gasteiger partial charge in [0.05, 0.1) is 6.10 Å². The van der Waals surface area contributed by atoms with Crippen molar-refractivity contribution in [3.63, 3.8) is 0 Å². The van der Waals surface area contributed by atoms with Crippen LogP contribution in [0.3, 0.4) is 0 Å². The maximum atomic E-state index is 9.64. The van der Waals surface area contributed by atoms with Crippen LogP contribution in [0.25, 0.3) is 0 Å². The second-order valence-corrected chi connectivity index (χ2v) is 3.42. The predicted molar refractivity (Wildman–Crippen MR) is 56.2 cm³/mol. The first-order chi connectivity index (χ1) is 7.19.